The van der Waals surface area contributed by atoms with Crippen molar-refractivity contribution in [1.82, 2.24) is 0 Å². The summed E-state index contributed by atoms with van der Waals surface area (Å²) in [6, 6.07) is 6.76. The van der Waals surface area contributed by atoms with Gasteiger partial charge in [0.25, 0.3) is 5.69 Å². The van der Waals surface area contributed by atoms with Crippen molar-refractivity contribution in [3.63, 3.8) is 0 Å². The maximum atomic E-state index is 13.8. The van der Waals surface area contributed by atoms with Gasteiger partial charge in [-0.3, -0.25) is 10.1 Å². The quantitative estimate of drug-likeness (QED) is 0.645. The Morgan fingerprint density at radius 3 is 2.62 bits per heavy atom. The van der Waals surface area contributed by atoms with Crippen LogP contribution in [0.1, 0.15) is 11.1 Å². The lowest BCUT2D eigenvalue weighted by molar-refractivity contribution is -0.384. The molecular formula is C14H11BrF2N2O2. The maximum absolute atomic E-state index is 13.8. The van der Waals surface area contributed by atoms with Crippen molar-refractivity contribution < 1.29 is 13.7 Å². The first-order chi connectivity index (χ1) is 9.90. The summed E-state index contributed by atoms with van der Waals surface area (Å²) in [4.78, 5) is 10.1. The summed E-state index contributed by atoms with van der Waals surface area (Å²) in [6.45, 7) is 1.68. The number of nitrogens with zero attached hydrogens (tertiary/aromatic N) is 1. The number of anilines is 1. The van der Waals surface area contributed by atoms with Crippen molar-refractivity contribution in [3.05, 3.63) is 67.7 Å². The van der Waals surface area contributed by atoms with Crippen molar-refractivity contribution in [2.24, 2.45) is 0 Å². The van der Waals surface area contributed by atoms with E-state index in [0.717, 1.165) is 0 Å². The Morgan fingerprint density at radius 2 is 2.00 bits per heavy atom. The van der Waals surface area contributed by atoms with Gasteiger partial charge in [-0.05, 0) is 30.2 Å². The molecule has 0 saturated heterocycles. The number of aryl methyl sites for hydroxylation is 1. The first-order valence-corrected chi connectivity index (χ1v) is 6.80. The Bertz CT molecular complexity index is 708. The second-order valence-corrected chi connectivity index (χ2v) is 5.29. The summed E-state index contributed by atoms with van der Waals surface area (Å²) in [5, 5.41) is 13.3. The molecule has 0 aliphatic rings. The fourth-order valence-corrected chi connectivity index (χ4v) is 2.30. The van der Waals surface area contributed by atoms with Crippen LogP contribution in [0.5, 0.6) is 0 Å². The molecule has 2 aromatic carbocycles. The molecule has 21 heavy (non-hydrogen) atoms. The molecule has 0 aromatic heterocycles. The molecule has 0 spiro atoms. The number of non-ortho nitro benzene ring substituents is 1. The van der Waals surface area contributed by atoms with Gasteiger partial charge in [0.15, 0.2) is 5.82 Å². The van der Waals surface area contributed by atoms with Crippen LogP contribution in [0.25, 0.3) is 0 Å². The lowest BCUT2D eigenvalue weighted by Gasteiger charge is -2.11. The number of nitrogens with one attached hydrogen (secondary N) is 1. The van der Waals surface area contributed by atoms with Gasteiger partial charge >= 0.3 is 0 Å². The standard InChI is InChI=1S/C14H11BrF2N2O2/c1-8-2-5-12(16)14(13(8)17)18-7-9-3-4-10(19(20)21)6-11(9)15/h2-6,18H,7H2,1H3. The Labute approximate surface area is 128 Å². The number of hydrogen-bond acceptors (Lipinski definition) is 3. The lowest BCUT2D eigenvalue weighted by atomic mass is 10.1. The van der Waals surface area contributed by atoms with Crippen molar-refractivity contribution in [3.8, 4) is 0 Å². The van der Waals surface area contributed by atoms with E-state index in [9.17, 15) is 18.9 Å². The molecule has 110 valence electrons. The number of benzene rings is 2. The van der Waals surface area contributed by atoms with Crippen molar-refractivity contribution in [2.75, 3.05) is 5.32 Å². The summed E-state index contributed by atoms with van der Waals surface area (Å²) >= 11 is 3.21. The maximum Gasteiger partial charge on any atom is 0.270 e. The molecule has 0 amide bonds. The van der Waals surface area contributed by atoms with Crippen LogP contribution >= 0.6 is 15.9 Å². The minimum Gasteiger partial charge on any atom is -0.376 e. The van der Waals surface area contributed by atoms with Gasteiger partial charge in [-0.2, -0.15) is 0 Å². The second-order valence-electron chi connectivity index (χ2n) is 4.44. The third kappa shape index (κ3) is 3.36. The van der Waals surface area contributed by atoms with E-state index in [4.69, 9.17) is 0 Å². The zero-order chi connectivity index (χ0) is 15.6. The monoisotopic (exact) mass is 356 g/mol. The molecule has 1 N–H and O–H groups in total. The van der Waals surface area contributed by atoms with Gasteiger partial charge in [0.1, 0.15) is 11.5 Å². The largest absolute Gasteiger partial charge is 0.376 e. The van der Waals surface area contributed by atoms with Gasteiger partial charge in [0, 0.05) is 23.2 Å². The van der Waals surface area contributed by atoms with Gasteiger partial charge in [-0.1, -0.05) is 22.0 Å². The van der Waals surface area contributed by atoms with E-state index in [1.807, 2.05) is 0 Å². The molecule has 0 aliphatic heterocycles. The van der Waals surface area contributed by atoms with Crippen LogP contribution in [0.3, 0.4) is 0 Å². The van der Waals surface area contributed by atoms with E-state index in [0.29, 0.717) is 15.6 Å². The molecule has 7 heteroatoms. The van der Waals surface area contributed by atoms with E-state index >= 15 is 0 Å². The first kappa shape index (κ1) is 15.4. The highest BCUT2D eigenvalue weighted by Gasteiger charge is 2.13. The van der Waals surface area contributed by atoms with E-state index in [2.05, 4.69) is 21.2 Å². The number of halogens is 3. The van der Waals surface area contributed by atoms with Gasteiger partial charge < -0.3 is 5.32 Å². The third-order valence-corrected chi connectivity index (χ3v) is 3.73. The zero-order valence-electron chi connectivity index (χ0n) is 11.0. The molecule has 0 fully saturated rings. The summed E-state index contributed by atoms with van der Waals surface area (Å²) in [5.74, 6) is -1.33. The Balaban J connectivity index is 2.21. The molecule has 0 bridgehead atoms. The van der Waals surface area contributed by atoms with Crippen LogP contribution in [0.4, 0.5) is 20.2 Å². The second kappa shape index (κ2) is 6.17. The normalized spacial score (nSPS) is 10.5. The predicted molar refractivity (Wildman–Crippen MR) is 79.2 cm³/mol. The third-order valence-electron chi connectivity index (χ3n) is 2.99. The van der Waals surface area contributed by atoms with Crippen molar-refractivity contribution in [2.45, 2.75) is 13.5 Å². The molecule has 0 heterocycles. The highest BCUT2D eigenvalue weighted by atomic mass is 79.9. The number of hydrogen-bond donors (Lipinski definition) is 1. The number of nitro groups is 1. The summed E-state index contributed by atoms with van der Waals surface area (Å²) in [5.41, 5.74) is 0.723. The smallest absolute Gasteiger partial charge is 0.270 e. The number of nitro benzene ring substituents is 1. The Morgan fingerprint density at radius 1 is 1.29 bits per heavy atom. The fourth-order valence-electron chi connectivity index (χ4n) is 1.80. The zero-order valence-corrected chi connectivity index (χ0v) is 12.6. The molecule has 2 aromatic rings. The predicted octanol–water partition coefficient (Wildman–Crippen LogP) is 4.56. The lowest BCUT2D eigenvalue weighted by Crippen LogP contribution is -2.05. The molecule has 0 aliphatic carbocycles. The van der Waals surface area contributed by atoms with Gasteiger partial charge in [0.2, 0.25) is 0 Å². The topological polar surface area (TPSA) is 55.2 Å². The van der Waals surface area contributed by atoms with Crippen molar-refractivity contribution >= 4 is 27.3 Å². The molecule has 4 nitrogen and oxygen atoms in total. The Hall–Kier alpha value is -2.02. The Kier molecular flexibility index (Phi) is 4.52. The first-order valence-electron chi connectivity index (χ1n) is 6.01. The van der Waals surface area contributed by atoms with Crippen LogP contribution in [-0.4, -0.2) is 4.92 Å². The van der Waals surface area contributed by atoms with Crippen LogP contribution in [0.2, 0.25) is 0 Å². The fraction of sp³-hybridized carbons (Fsp3) is 0.143. The summed E-state index contributed by atoms with van der Waals surface area (Å²) in [6.07, 6.45) is 0. The molecule has 0 saturated carbocycles. The SMILES string of the molecule is Cc1ccc(F)c(NCc2ccc([N+](=O)[O-])cc2Br)c1F. The van der Waals surface area contributed by atoms with Crippen LogP contribution in [-0.2, 0) is 6.54 Å². The minimum absolute atomic E-state index is 0.0569. The van der Waals surface area contributed by atoms with E-state index in [1.165, 1.54) is 30.3 Å². The van der Waals surface area contributed by atoms with Gasteiger partial charge in [-0.15, -0.1) is 0 Å². The molecule has 0 atom stereocenters. The van der Waals surface area contributed by atoms with E-state index < -0.39 is 16.6 Å². The van der Waals surface area contributed by atoms with Crippen molar-refractivity contribution in [1.29, 1.82) is 0 Å². The summed E-state index contributed by atoms with van der Waals surface area (Å²) < 4.78 is 27.9. The van der Waals surface area contributed by atoms with E-state index in [1.54, 1.807) is 6.92 Å². The number of rotatable bonds is 4. The molecule has 2 rings (SSSR count). The average Bonchev–Trinajstić information content (AvgIpc) is 2.44. The van der Waals surface area contributed by atoms with Gasteiger partial charge in [0.05, 0.1) is 4.92 Å². The average molecular weight is 357 g/mol. The highest BCUT2D eigenvalue weighted by Crippen LogP contribution is 2.26. The minimum atomic E-state index is -0.684. The summed E-state index contributed by atoms with van der Waals surface area (Å²) in [7, 11) is 0. The van der Waals surface area contributed by atoms with Gasteiger partial charge in [-0.25, -0.2) is 8.78 Å². The van der Waals surface area contributed by atoms with E-state index in [-0.39, 0.29) is 17.9 Å². The molecule has 0 radical (unpaired) electrons. The van der Waals surface area contributed by atoms with Crippen LogP contribution in [0, 0.1) is 28.7 Å². The molecular weight excluding hydrogens is 346 g/mol. The molecule has 0 unspecified atom stereocenters. The van der Waals surface area contributed by atoms with Crippen LogP contribution in [0.15, 0.2) is 34.8 Å². The van der Waals surface area contributed by atoms with Crippen LogP contribution < -0.4 is 5.32 Å². The highest BCUT2D eigenvalue weighted by molar-refractivity contribution is 9.10.